The number of benzene rings is 1. The van der Waals surface area contributed by atoms with Crippen LogP contribution in [0, 0.1) is 5.92 Å². The molecule has 4 heterocycles. The summed E-state index contributed by atoms with van der Waals surface area (Å²) in [5, 5.41) is 32.0. The lowest BCUT2D eigenvalue weighted by atomic mass is 9.94. The van der Waals surface area contributed by atoms with Crippen molar-refractivity contribution in [3.8, 4) is 5.75 Å². The van der Waals surface area contributed by atoms with E-state index in [-0.39, 0.29) is 24.9 Å². The second-order valence-electron chi connectivity index (χ2n) is 9.09. The first-order chi connectivity index (χ1) is 14.4. The Labute approximate surface area is 176 Å². The van der Waals surface area contributed by atoms with Crippen molar-refractivity contribution in [2.45, 2.75) is 62.6 Å². The van der Waals surface area contributed by atoms with Crippen LogP contribution in [0.3, 0.4) is 0 Å². The molecule has 0 amide bonds. The molecular weight excluding hydrogens is 386 g/mol. The van der Waals surface area contributed by atoms with Gasteiger partial charge in [-0.3, -0.25) is 15.5 Å². The number of ether oxygens (including phenoxy) is 2. The zero-order valence-electron chi connectivity index (χ0n) is 17.4. The van der Waals surface area contributed by atoms with Crippen molar-refractivity contribution in [3.05, 3.63) is 23.8 Å². The van der Waals surface area contributed by atoms with Crippen LogP contribution < -0.4 is 26.4 Å². The molecule has 0 spiro atoms. The Balaban J connectivity index is 1.26. The molecule has 0 radical (unpaired) electrons. The second-order valence-corrected chi connectivity index (χ2v) is 9.09. The lowest BCUT2D eigenvalue weighted by molar-refractivity contribution is -0.111. The van der Waals surface area contributed by atoms with E-state index < -0.39 is 24.0 Å². The van der Waals surface area contributed by atoms with Gasteiger partial charge in [0.15, 0.2) is 0 Å². The Morgan fingerprint density at radius 3 is 3.10 bits per heavy atom. The minimum atomic E-state index is -1.41. The Bertz CT molecular complexity index is 778. The van der Waals surface area contributed by atoms with Crippen LogP contribution in [0.1, 0.15) is 25.3 Å². The molecule has 0 saturated carbocycles. The third-order valence-corrected chi connectivity index (χ3v) is 7.17. The summed E-state index contributed by atoms with van der Waals surface area (Å²) in [6.45, 7) is 4.11. The van der Waals surface area contributed by atoms with E-state index in [2.05, 4.69) is 26.9 Å². The number of nitrogens with one attached hydrogen (secondary N) is 3. The number of hydrogen-bond acceptors (Lipinski definition) is 9. The summed E-state index contributed by atoms with van der Waals surface area (Å²) < 4.78 is 12.1. The number of rotatable bonds is 4. The van der Waals surface area contributed by atoms with Crippen LogP contribution in [-0.4, -0.2) is 77.8 Å². The van der Waals surface area contributed by atoms with Crippen LogP contribution in [0.4, 0.5) is 5.69 Å². The molecule has 0 bridgehead atoms. The van der Waals surface area contributed by atoms with Crippen LogP contribution >= 0.6 is 0 Å². The smallest absolute Gasteiger partial charge is 0.141 e. The Kier molecular flexibility index (Phi) is 5.39. The van der Waals surface area contributed by atoms with E-state index >= 15 is 0 Å². The third kappa shape index (κ3) is 3.48. The van der Waals surface area contributed by atoms with Crippen molar-refractivity contribution in [1.29, 1.82) is 0 Å². The predicted octanol–water partition coefficient (Wildman–Crippen LogP) is -0.657. The zero-order chi connectivity index (χ0) is 20.9. The summed E-state index contributed by atoms with van der Waals surface area (Å²) in [4.78, 5) is 2.09. The van der Waals surface area contributed by atoms with E-state index in [4.69, 9.17) is 15.2 Å². The van der Waals surface area contributed by atoms with Crippen molar-refractivity contribution in [1.82, 2.24) is 15.5 Å². The van der Waals surface area contributed by atoms with Crippen molar-refractivity contribution in [3.63, 3.8) is 0 Å². The van der Waals surface area contributed by atoms with Crippen LogP contribution in [0.2, 0.25) is 0 Å². The zero-order valence-corrected chi connectivity index (χ0v) is 17.4. The molecular formula is C21H33N5O4. The number of fused-ring (bicyclic) bond motifs is 2. The number of aliphatic hydroxyl groups is 2. The maximum Gasteiger partial charge on any atom is 0.141 e. The topological polar surface area (TPSA) is 124 Å². The van der Waals surface area contributed by atoms with Gasteiger partial charge in [0.25, 0.3) is 0 Å². The van der Waals surface area contributed by atoms with Gasteiger partial charge in [0.1, 0.15) is 36.4 Å². The summed E-state index contributed by atoms with van der Waals surface area (Å²) in [5.41, 5.74) is 7.19. The maximum absolute atomic E-state index is 11.0. The number of hydrogen-bond donors (Lipinski definition) is 6. The Morgan fingerprint density at radius 1 is 1.37 bits per heavy atom. The number of aliphatic hydroxyl groups excluding tert-OH is 1. The third-order valence-electron chi connectivity index (χ3n) is 7.17. The van der Waals surface area contributed by atoms with Crippen molar-refractivity contribution in [2.75, 3.05) is 31.7 Å². The predicted molar refractivity (Wildman–Crippen MR) is 112 cm³/mol. The van der Waals surface area contributed by atoms with E-state index in [0.717, 1.165) is 43.8 Å². The van der Waals surface area contributed by atoms with E-state index in [1.165, 1.54) is 5.56 Å². The molecule has 3 saturated heterocycles. The number of nitrogens with two attached hydrogens (primary N) is 1. The van der Waals surface area contributed by atoms with Crippen LogP contribution in [0.5, 0.6) is 5.75 Å². The molecule has 7 atom stereocenters. The molecule has 166 valence electrons. The standard InChI is InChI=1S/C21H33N5O4/c1-21(28)16(10-29-13-5-4-12-3-2-7-23-15(12)9-13)30-20(17(21)27)26-8-6-14-18(22)24-11-25-19(14)26/h4-5,9,14,16-20,23-25,27-28H,2-3,6-8,10-11,22H2,1H3/t14?,16-,17+,18?,19?,20-,21-/m1/s1. The van der Waals surface area contributed by atoms with Gasteiger partial charge in [-0.1, -0.05) is 6.07 Å². The number of nitrogens with zero attached hydrogens (tertiary/aromatic N) is 1. The van der Waals surface area contributed by atoms with Gasteiger partial charge in [0.05, 0.1) is 12.3 Å². The first-order valence-electron chi connectivity index (χ1n) is 11.0. The summed E-state index contributed by atoms with van der Waals surface area (Å²) in [5.74, 6) is 0.963. The van der Waals surface area contributed by atoms with Gasteiger partial charge in [-0.05, 0) is 37.8 Å². The average molecular weight is 420 g/mol. The molecule has 1 aromatic carbocycles. The van der Waals surface area contributed by atoms with E-state index in [9.17, 15) is 10.2 Å². The van der Waals surface area contributed by atoms with Crippen LogP contribution in [0.25, 0.3) is 0 Å². The second kappa shape index (κ2) is 7.90. The van der Waals surface area contributed by atoms with Gasteiger partial charge in [-0.2, -0.15) is 0 Å². The van der Waals surface area contributed by atoms with Crippen LogP contribution in [0.15, 0.2) is 18.2 Å². The molecule has 0 aromatic heterocycles. The fraction of sp³-hybridized carbons (Fsp3) is 0.714. The quantitative estimate of drug-likeness (QED) is 0.377. The SMILES string of the molecule is C[C@@]1(O)[C@@H](COc2ccc3c(c2)NCCC3)O[C@@H](N2CCC3C(N)NCNC32)[C@@H]1O. The Morgan fingerprint density at radius 2 is 2.23 bits per heavy atom. The summed E-state index contributed by atoms with van der Waals surface area (Å²) in [6, 6.07) is 6.03. The normalized spacial score (nSPS) is 41.2. The molecule has 9 nitrogen and oxygen atoms in total. The highest BCUT2D eigenvalue weighted by molar-refractivity contribution is 5.56. The lowest BCUT2D eigenvalue weighted by Crippen LogP contribution is -2.64. The maximum atomic E-state index is 11.0. The van der Waals surface area contributed by atoms with Gasteiger partial charge in [0.2, 0.25) is 0 Å². The van der Waals surface area contributed by atoms with E-state index in [1.54, 1.807) is 6.92 Å². The van der Waals surface area contributed by atoms with Crippen molar-refractivity contribution < 1.29 is 19.7 Å². The average Bonchev–Trinajstić information content (AvgIpc) is 3.27. The summed E-state index contributed by atoms with van der Waals surface area (Å²) in [6.07, 6.45) is 0.761. The lowest BCUT2D eigenvalue weighted by Gasteiger charge is -2.39. The van der Waals surface area contributed by atoms with Gasteiger partial charge in [-0.15, -0.1) is 0 Å². The number of aryl methyl sites for hydroxylation is 1. The molecule has 7 N–H and O–H groups in total. The van der Waals surface area contributed by atoms with Gasteiger partial charge >= 0.3 is 0 Å². The monoisotopic (exact) mass is 419 g/mol. The fourth-order valence-electron chi connectivity index (χ4n) is 5.23. The fourth-order valence-corrected chi connectivity index (χ4v) is 5.23. The highest BCUT2D eigenvalue weighted by Gasteiger charge is 2.57. The first kappa shape index (κ1) is 20.4. The van der Waals surface area contributed by atoms with Gasteiger partial charge in [-0.25, -0.2) is 0 Å². The molecule has 3 fully saturated rings. The largest absolute Gasteiger partial charge is 0.491 e. The Hall–Kier alpha value is -1.46. The molecule has 5 rings (SSSR count). The number of likely N-dealkylation sites (tertiary alicyclic amines) is 1. The molecule has 4 aliphatic heterocycles. The molecule has 9 heteroatoms. The highest BCUT2D eigenvalue weighted by Crippen LogP contribution is 2.38. The van der Waals surface area contributed by atoms with E-state index in [1.807, 2.05) is 12.1 Å². The molecule has 4 aliphatic rings. The summed E-state index contributed by atoms with van der Waals surface area (Å²) >= 11 is 0. The minimum Gasteiger partial charge on any atom is -0.491 e. The van der Waals surface area contributed by atoms with Gasteiger partial charge in [0, 0.05) is 37.4 Å². The molecule has 0 aliphatic carbocycles. The minimum absolute atomic E-state index is 0.0167. The van der Waals surface area contributed by atoms with Crippen molar-refractivity contribution in [2.24, 2.45) is 11.7 Å². The number of anilines is 1. The van der Waals surface area contributed by atoms with Crippen molar-refractivity contribution >= 4 is 5.69 Å². The summed E-state index contributed by atoms with van der Waals surface area (Å²) in [7, 11) is 0. The molecule has 3 unspecified atom stereocenters. The molecule has 30 heavy (non-hydrogen) atoms. The molecule has 1 aromatic rings. The van der Waals surface area contributed by atoms with E-state index in [0.29, 0.717) is 6.67 Å². The highest BCUT2D eigenvalue weighted by atomic mass is 16.6. The van der Waals surface area contributed by atoms with Gasteiger partial charge < -0.3 is 30.7 Å². The first-order valence-corrected chi connectivity index (χ1v) is 11.0. The van der Waals surface area contributed by atoms with Crippen LogP contribution in [-0.2, 0) is 11.2 Å².